The Hall–Kier alpha value is -3.32. The van der Waals surface area contributed by atoms with Gasteiger partial charge in [-0.05, 0) is 43.5 Å². The molecule has 2 aromatic rings. The van der Waals surface area contributed by atoms with Crippen molar-refractivity contribution in [1.29, 1.82) is 0 Å². The van der Waals surface area contributed by atoms with Gasteiger partial charge in [-0.2, -0.15) is 0 Å². The van der Waals surface area contributed by atoms with Gasteiger partial charge in [0.25, 0.3) is 11.8 Å². The van der Waals surface area contributed by atoms with E-state index in [0.29, 0.717) is 55.5 Å². The third-order valence-corrected chi connectivity index (χ3v) is 5.36. The number of imide groups is 1. The molecule has 0 saturated heterocycles. The number of amides is 2. The number of anilines is 1. The van der Waals surface area contributed by atoms with Gasteiger partial charge in [-0.1, -0.05) is 23.8 Å². The number of aryl methyl sites for hydroxylation is 2. The van der Waals surface area contributed by atoms with E-state index < -0.39 is 0 Å². The van der Waals surface area contributed by atoms with Crippen molar-refractivity contribution >= 4 is 23.1 Å². The molecule has 2 amide bonds. The Labute approximate surface area is 181 Å². The van der Waals surface area contributed by atoms with Gasteiger partial charge in [0.15, 0.2) is 11.5 Å². The molecule has 0 bridgehead atoms. The molecule has 31 heavy (non-hydrogen) atoms. The smallest absolute Gasteiger partial charge is 0.278 e. The molecule has 162 valence electrons. The lowest BCUT2D eigenvalue weighted by Crippen LogP contribution is -2.34. The van der Waals surface area contributed by atoms with Gasteiger partial charge in [-0.25, -0.2) is 0 Å². The summed E-state index contributed by atoms with van der Waals surface area (Å²) in [6.45, 7) is 5.69. The normalized spacial score (nSPS) is 15.6. The van der Waals surface area contributed by atoms with E-state index in [-0.39, 0.29) is 17.5 Å². The molecule has 2 heterocycles. The van der Waals surface area contributed by atoms with Crippen LogP contribution in [0, 0.1) is 13.8 Å². The molecular weight excluding hydrogens is 396 g/mol. The molecular formula is C24H26N2O5. The number of rotatable bonds is 7. The van der Waals surface area contributed by atoms with Crippen LogP contribution in [0.25, 0.3) is 5.57 Å². The standard InChI is InChI=1S/C24H26N2O5/c1-15-5-7-18(16(2)13-15)21-22(24(28)26(23(21)27)9-4-10-29-3)25-17-6-8-19-20(14-17)31-12-11-30-19/h5-8,13-14,25H,4,9-12H2,1-3H3. The number of hydrogen-bond acceptors (Lipinski definition) is 6. The van der Waals surface area contributed by atoms with Gasteiger partial charge in [-0.15, -0.1) is 0 Å². The Morgan fingerprint density at radius 3 is 2.52 bits per heavy atom. The second-order valence-electron chi connectivity index (χ2n) is 7.66. The van der Waals surface area contributed by atoms with Gasteiger partial charge in [0.05, 0.1) is 5.57 Å². The fourth-order valence-electron chi connectivity index (χ4n) is 3.87. The number of fused-ring (bicyclic) bond motifs is 1. The van der Waals surface area contributed by atoms with Crippen molar-refractivity contribution in [2.75, 3.05) is 38.8 Å². The highest BCUT2D eigenvalue weighted by Gasteiger charge is 2.39. The van der Waals surface area contributed by atoms with Gasteiger partial charge in [0.2, 0.25) is 0 Å². The first-order chi connectivity index (χ1) is 15.0. The first-order valence-electron chi connectivity index (χ1n) is 10.3. The minimum atomic E-state index is -0.342. The van der Waals surface area contributed by atoms with E-state index in [0.717, 1.165) is 16.7 Å². The lowest BCUT2D eigenvalue weighted by atomic mass is 9.97. The first-order valence-corrected chi connectivity index (χ1v) is 10.3. The summed E-state index contributed by atoms with van der Waals surface area (Å²) in [6, 6.07) is 11.2. The second-order valence-corrected chi connectivity index (χ2v) is 7.66. The fraction of sp³-hybridized carbons (Fsp3) is 0.333. The molecule has 2 aromatic carbocycles. The molecule has 0 fully saturated rings. The van der Waals surface area contributed by atoms with Crippen LogP contribution in [0.15, 0.2) is 42.1 Å². The van der Waals surface area contributed by atoms with Crippen LogP contribution < -0.4 is 14.8 Å². The van der Waals surface area contributed by atoms with E-state index in [9.17, 15) is 9.59 Å². The van der Waals surface area contributed by atoms with Crippen molar-refractivity contribution < 1.29 is 23.8 Å². The van der Waals surface area contributed by atoms with Gasteiger partial charge >= 0.3 is 0 Å². The van der Waals surface area contributed by atoms with Crippen molar-refractivity contribution in [3.63, 3.8) is 0 Å². The second kappa shape index (κ2) is 8.81. The van der Waals surface area contributed by atoms with Gasteiger partial charge in [-0.3, -0.25) is 14.5 Å². The SMILES string of the molecule is COCCCN1C(=O)C(Nc2ccc3c(c2)OCCO3)=C(c2ccc(C)cc2C)C1=O. The summed E-state index contributed by atoms with van der Waals surface area (Å²) in [5, 5.41) is 3.18. The number of nitrogens with one attached hydrogen (secondary N) is 1. The van der Waals surface area contributed by atoms with Gasteiger partial charge < -0.3 is 19.5 Å². The first kappa shape index (κ1) is 20.9. The molecule has 0 saturated carbocycles. The lowest BCUT2D eigenvalue weighted by Gasteiger charge is -2.19. The number of carbonyl (C=O) groups is 2. The highest BCUT2D eigenvalue weighted by atomic mass is 16.6. The molecule has 7 nitrogen and oxygen atoms in total. The molecule has 0 atom stereocenters. The molecule has 0 radical (unpaired) electrons. The number of hydrogen-bond donors (Lipinski definition) is 1. The quantitative estimate of drug-likeness (QED) is 0.545. The van der Waals surface area contributed by atoms with E-state index in [1.54, 1.807) is 19.2 Å². The molecule has 0 spiro atoms. The van der Waals surface area contributed by atoms with Crippen LogP contribution in [0.2, 0.25) is 0 Å². The highest BCUT2D eigenvalue weighted by molar-refractivity contribution is 6.36. The maximum atomic E-state index is 13.3. The molecule has 4 rings (SSSR count). The van der Waals surface area contributed by atoms with Gasteiger partial charge in [0, 0.05) is 32.0 Å². The van der Waals surface area contributed by atoms with Crippen molar-refractivity contribution in [3.8, 4) is 11.5 Å². The third-order valence-electron chi connectivity index (χ3n) is 5.36. The number of carbonyl (C=O) groups excluding carboxylic acids is 2. The maximum Gasteiger partial charge on any atom is 0.278 e. The summed E-state index contributed by atoms with van der Waals surface area (Å²) in [7, 11) is 1.60. The van der Waals surface area contributed by atoms with E-state index in [1.807, 2.05) is 38.1 Å². The van der Waals surface area contributed by atoms with Crippen molar-refractivity contribution in [3.05, 3.63) is 58.8 Å². The van der Waals surface area contributed by atoms with E-state index in [2.05, 4.69) is 5.32 Å². The molecule has 7 heteroatoms. The Kier molecular flexibility index (Phi) is 5.95. The Balaban J connectivity index is 1.72. The van der Waals surface area contributed by atoms with Crippen LogP contribution >= 0.6 is 0 Å². The zero-order chi connectivity index (χ0) is 22.0. The largest absolute Gasteiger partial charge is 0.486 e. The monoisotopic (exact) mass is 422 g/mol. The van der Waals surface area contributed by atoms with Crippen LogP contribution in [-0.4, -0.2) is 50.2 Å². The Morgan fingerprint density at radius 2 is 1.77 bits per heavy atom. The van der Waals surface area contributed by atoms with E-state index in [1.165, 1.54) is 4.90 Å². The molecule has 2 aliphatic heterocycles. The van der Waals surface area contributed by atoms with Crippen molar-refractivity contribution in [2.24, 2.45) is 0 Å². The third kappa shape index (κ3) is 4.14. The maximum absolute atomic E-state index is 13.3. The molecule has 1 N–H and O–H groups in total. The Morgan fingerprint density at radius 1 is 1.00 bits per heavy atom. The summed E-state index contributed by atoms with van der Waals surface area (Å²) >= 11 is 0. The van der Waals surface area contributed by atoms with Crippen LogP contribution in [-0.2, 0) is 14.3 Å². The average molecular weight is 422 g/mol. The zero-order valence-electron chi connectivity index (χ0n) is 18.0. The predicted molar refractivity (Wildman–Crippen MR) is 117 cm³/mol. The summed E-state index contributed by atoms with van der Waals surface area (Å²) < 4.78 is 16.3. The molecule has 0 aliphatic carbocycles. The predicted octanol–water partition coefficient (Wildman–Crippen LogP) is 3.30. The number of methoxy groups -OCH3 is 1. The van der Waals surface area contributed by atoms with E-state index >= 15 is 0 Å². The minimum Gasteiger partial charge on any atom is -0.486 e. The topological polar surface area (TPSA) is 77.1 Å². The number of ether oxygens (including phenoxy) is 3. The molecule has 0 unspecified atom stereocenters. The van der Waals surface area contributed by atoms with Crippen molar-refractivity contribution in [2.45, 2.75) is 20.3 Å². The zero-order valence-corrected chi connectivity index (χ0v) is 18.0. The lowest BCUT2D eigenvalue weighted by molar-refractivity contribution is -0.137. The number of benzene rings is 2. The molecule has 2 aliphatic rings. The highest BCUT2D eigenvalue weighted by Crippen LogP contribution is 2.36. The van der Waals surface area contributed by atoms with Crippen LogP contribution in [0.3, 0.4) is 0 Å². The summed E-state index contributed by atoms with van der Waals surface area (Å²) in [4.78, 5) is 27.8. The van der Waals surface area contributed by atoms with Crippen LogP contribution in [0.4, 0.5) is 5.69 Å². The van der Waals surface area contributed by atoms with Crippen LogP contribution in [0.5, 0.6) is 11.5 Å². The Bertz CT molecular complexity index is 1060. The number of nitrogens with zero attached hydrogens (tertiary/aromatic N) is 1. The van der Waals surface area contributed by atoms with Crippen molar-refractivity contribution in [1.82, 2.24) is 4.90 Å². The summed E-state index contributed by atoms with van der Waals surface area (Å²) in [5.41, 5.74) is 4.09. The molecule has 0 aromatic heterocycles. The minimum absolute atomic E-state index is 0.269. The van der Waals surface area contributed by atoms with Crippen LogP contribution in [0.1, 0.15) is 23.1 Å². The average Bonchev–Trinajstić information content (AvgIpc) is 2.98. The fourth-order valence-corrected chi connectivity index (χ4v) is 3.87. The van der Waals surface area contributed by atoms with Gasteiger partial charge in [0.1, 0.15) is 18.9 Å². The van der Waals surface area contributed by atoms with E-state index in [4.69, 9.17) is 14.2 Å². The summed E-state index contributed by atoms with van der Waals surface area (Å²) in [5.74, 6) is 0.633. The summed E-state index contributed by atoms with van der Waals surface area (Å²) in [6.07, 6.45) is 0.575.